The molecule has 1 amide bonds. The van der Waals surface area contributed by atoms with Gasteiger partial charge >= 0.3 is 0 Å². The highest BCUT2D eigenvalue weighted by atomic mass is 16.5. The Morgan fingerprint density at radius 1 is 1.16 bits per heavy atom. The van der Waals surface area contributed by atoms with Crippen molar-refractivity contribution in [3.8, 4) is 17.2 Å². The Morgan fingerprint density at radius 3 is 2.84 bits per heavy atom. The first-order chi connectivity index (χ1) is 12.2. The highest BCUT2D eigenvalue weighted by Crippen LogP contribution is 2.32. The summed E-state index contributed by atoms with van der Waals surface area (Å²) in [5.41, 5.74) is 2.34. The summed E-state index contributed by atoms with van der Waals surface area (Å²) >= 11 is 0. The third-order valence-corrected chi connectivity index (χ3v) is 3.83. The zero-order valence-electron chi connectivity index (χ0n) is 13.5. The highest BCUT2D eigenvalue weighted by Gasteiger charge is 2.18. The van der Waals surface area contributed by atoms with Crippen molar-refractivity contribution in [2.24, 2.45) is 0 Å². The van der Waals surface area contributed by atoms with Crippen LogP contribution in [0.3, 0.4) is 0 Å². The number of rotatable bonds is 4. The third kappa shape index (κ3) is 3.16. The van der Waals surface area contributed by atoms with E-state index in [0.717, 1.165) is 11.3 Å². The number of benzene rings is 2. The molecule has 0 aliphatic carbocycles. The van der Waals surface area contributed by atoms with E-state index in [2.05, 4.69) is 20.8 Å². The first-order valence-corrected chi connectivity index (χ1v) is 7.91. The van der Waals surface area contributed by atoms with Crippen molar-refractivity contribution in [2.75, 3.05) is 17.2 Å². The maximum Gasteiger partial charge on any atom is 0.262 e. The third-order valence-electron chi connectivity index (χ3n) is 3.83. The van der Waals surface area contributed by atoms with Crippen molar-refractivity contribution in [2.45, 2.75) is 13.0 Å². The number of amides is 1. The Labute approximate surface area is 144 Å². The van der Waals surface area contributed by atoms with Gasteiger partial charge in [0, 0.05) is 11.3 Å². The fourth-order valence-corrected chi connectivity index (χ4v) is 2.59. The number of ether oxygens (including phenoxy) is 1. The largest absolute Gasteiger partial charge is 0.482 e. The summed E-state index contributed by atoms with van der Waals surface area (Å²) in [5.74, 6) is 1.45. The second kappa shape index (κ2) is 6.27. The van der Waals surface area contributed by atoms with E-state index >= 15 is 0 Å². The Hall–Kier alpha value is -3.35. The highest BCUT2D eigenvalue weighted by molar-refractivity contribution is 5.96. The van der Waals surface area contributed by atoms with E-state index in [0.29, 0.717) is 23.2 Å². The van der Waals surface area contributed by atoms with Gasteiger partial charge in [-0.05, 0) is 37.3 Å². The number of fused-ring (bicyclic) bond motifs is 1. The number of carbonyl (C=O) groups is 1. The zero-order valence-corrected chi connectivity index (χ0v) is 13.5. The lowest BCUT2D eigenvalue weighted by Gasteiger charge is -2.19. The van der Waals surface area contributed by atoms with Gasteiger partial charge in [-0.2, -0.15) is 0 Å². The monoisotopic (exact) mass is 336 g/mol. The number of nitrogens with one attached hydrogen (secondary N) is 2. The van der Waals surface area contributed by atoms with Crippen LogP contribution in [0, 0.1) is 0 Å². The Bertz CT molecular complexity index is 908. The zero-order chi connectivity index (χ0) is 17.2. The molecule has 0 radical (unpaired) electrons. The van der Waals surface area contributed by atoms with Gasteiger partial charge in [0.15, 0.2) is 6.61 Å². The molecule has 3 aromatic rings. The van der Waals surface area contributed by atoms with E-state index in [1.165, 1.54) is 0 Å². The van der Waals surface area contributed by atoms with Crippen LogP contribution in [0.5, 0.6) is 5.75 Å². The number of anilines is 2. The Balaban J connectivity index is 1.51. The van der Waals surface area contributed by atoms with Gasteiger partial charge in [0.25, 0.3) is 5.91 Å². The predicted octanol–water partition coefficient (Wildman–Crippen LogP) is 3.24. The molecule has 0 spiro atoms. The molecule has 4 rings (SSSR count). The summed E-state index contributed by atoms with van der Waals surface area (Å²) in [6.45, 7) is 1.97. The molecule has 7 heteroatoms. The molecule has 2 aromatic carbocycles. The van der Waals surface area contributed by atoms with Gasteiger partial charge < -0.3 is 19.8 Å². The SMILES string of the molecule is C[C@@H](Nc1ccc2c(c1)NC(=O)CO2)c1nnc(-c2ccccc2)o1. The lowest BCUT2D eigenvalue weighted by molar-refractivity contribution is -0.118. The van der Waals surface area contributed by atoms with Crippen LogP contribution in [0.2, 0.25) is 0 Å². The standard InChI is InChI=1S/C18H16N4O3/c1-11(17-21-22-18(25-17)12-5-3-2-4-6-12)19-13-7-8-15-14(9-13)20-16(23)10-24-15/h2-9,11,19H,10H2,1H3,(H,20,23)/t11-/m1/s1. The van der Waals surface area contributed by atoms with Crippen molar-refractivity contribution >= 4 is 17.3 Å². The van der Waals surface area contributed by atoms with Gasteiger partial charge in [-0.3, -0.25) is 4.79 Å². The van der Waals surface area contributed by atoms with E-state index < -0.39 is 0 Å². The Kier molecular flexibility index (Phi) is 3.81. The molecule has 1 atom stereocenters. The van der Waals surface area contributed by atoms with E-state index in [1.54, 1.807) is 0 Å². The molecule has 1 aliphatic rings. The molecule has 1 aromatic heterocycles. The van der Waals surface area contributed by atoms with Crippen LogP contribution in [0.15, 0.2) is 52.9 Å². The van der Waals surface area contributed by atoms with Crippen molar-refractivity contribution in [1.29, 1.82) is 0 Å². The number of hydrogen-bond acceptors (Lipinski definition) is 6. The van der Waals surface area contributed by atoms with Gasteiger partial charge in [0.1, 0.15) is 11.8 Å². The van der Waals surface area contributed by atoms with E-state index in [4.69, 9.17) is 9.15 Å². The van der Waals surface area contributed by atoms with Gasteiger partial charge in [-0.1, -0.05) is 18.2 Å². The minimum Gasteiger partial charge on any atom is -0.482 e. The second-order valence-corrected chi connectivity index (χ2v) is 5.73. The summed E-state index contributed by atoms with van der Waals surface area (Å²) in [7, 11) is 0. The minimum absolute atomic E-state index is 0.0421. The van der Waals surface area contributed by atoms with Crippen molar-refractivity contribution in [1.82, 2.24) is 10.2 Å². The molecular weight excluding hydrogens is 320 g/mol. The Morgan fingerprint density at radius 2 is 2.00 bits per heavy atom. The van der Waals surface area contributed by atoms with Gasteiger partial charge in [-0.15, -0.1) is 10.2 Å². The van der Waals surface area contributed by atoms with Gasteiger partial charge in [-0.25, -0.2) is 0 Å². The van der Waals surface area contributed by atoms with Crippen LogP contribution in [-0.2, 0) is 4.79 Å². The van der Waals surface area contributed by atoms with E-state index in [-0.39, 0.29) is 18.6 Å². The fourth-order valence-electron chi connectivity index (χ4n) is 2.59. The minimum atomic E-state index is -0.191. The first kappa shape index (κ1) is 15.2. The first-order valence-electron chi connectivity index (χ1n) is 7.91. The molecule has 0 fully saturated rings. The van der Waals surface area contributed by atoms with Gasteiger partial charge in [0.2, 0.25) is 11.8 Å². The summed E-state index contributed by atoms with van der Waals surface area (Å²) in [4.78, 5) is 11.4. The van der Waals surface area contributed by atoms with Crippen LogP contribution in [0.25, 0.3) is 11.5 Å². The summed E-state index contributed by atoms with van der Waals surface area (Å²) in [6, 6.07) is 14.9. The maximum absolute atomic E-state index is 11.4. The van der Waals surface area contributed by atoms with Crippen molar-refractivity contribution in [3.05, 3.63) is 54.4 Å². The lowest BCUT2D eigenvalue weighted by atomic mass is 10.2. The van der Waals surface area contributed by atoms with Crippen LogP contribution in [-0.4, -0.2) is 22.7 Å². The molecule has 0 bridgehead atoms. The normalized spacial score (nSPS) is 14.2. The fraction of sp³-hybridized carbons (Fsp3) is 0.167. The quantitative estimate of drug-likeness (QED) is 0.760. The number of aromatic nitrogens is 2. The molecule has 0 unspecified atom stereocenters. The molecule has 0 saturated carbocycles. The van der Waals surface area contributed by atoms with Crippen molar-refractivity contribution < 1.29 is 13.9 Å². The van der Waals surface area contributed by atoms with E-state index in [9.17, 15) is 4.79 Å². The average Bonchev–Trinajstić information content (AvgIpc) is 3.12. The average molecular weight is 336 g/mol. The molecule has 1 aliphatic heterocycles. The van der Waals surface area contributed by atoms with Crippen LogP contribution in [0.4, 0.5) is 11.4 Å². The van der Waals surface area contributed by atoms with Crippen LogP contribution >= 0.6 is 0 Å². The molecule has 126 valence electrons. The van der Waals surface area contributed by atoms with Gasteiger partial charge in [0.05, 0.1) is 5.69 Å². The van der Waals surface area contributed by atoms with E-state index in [1.807, 2.05) is 55.5 Å². The molecule has 25 heavy (non-hydrogen) atoms. The predicted molar refractivity (Wildman–Crippen MR) is 92.3 cm³/mol. The number of nitrogens with zero attached hydrogens (tertiary/aromatic N) is 2. The second-order valence-electron chi connectivity index (χ2n) is 5.73. The molecular formula is C18H16N4O3. The number of carbonyl (C=O) groups excluding carboxylic acids is 1. The van der Waals surface area contributed by atoms with Crippen LogP contribution in [0.1, 0.15) is 18.9 Å². The van der Waals surface area contributed by atoms with Crippen LogP contribution < -0.4 is 15.4 Å². The summed E-state index contributed by atoms with van der Waals surface area (Å²) < 4.78 is 11.1. The maximum atomic E-state index is 11.4. The molecule has 2 N–H and O–H groups in total. The molecule has 0 saturated heterocycles. The molecule has 2 heterocycles. The summed E-state index contributed by atoms with van der Waals surface area (Å²) in [5, 5.41) is 14.3. The lowest BCUT2D eigenvalue weighted by Crippen LogP contribution is -2.25. The van der Waals surface area contributed by atoms with Crippen molar-refractivity contribution in [3.63, 3.8) is 0 Å². The molecule has 7 nitrogen and oxygen atoms in total. The number of hydrogen-bond donors (Lipinski definition) is 2. The smallest absolute Gasteiger partial charge is 0.262 e. The summed E-state index contributed by atoms with van der Waals surface area (Å²) in [6.07, 6.45) is 0. The topological polar surface area (TPSA) is 89.3 Å².